The smallest absolute Gasteiger partial charge is 0.247 e. The van der Waals surface area contributed by atoms with Crippen LogP contribution in [0.1, 0.15) is 16.1 Å². The molecule has 1 heterocycles. The summed E-state index contributed by atoms with van der Waals surface area (Å²) in [7, 11) is 2.86. The van der Waals surface area contributed by atoms with Gasteiger partial charge < -0.3 is 9.47 Å². The topological polar surface area (TPSA) is 61.3 Å². The van der Waals surface area contributed by atoms with Crippen molar-refractivity contribution in [1.82, 2.24) is 9.97 Å². The summed E-state index contributed by atoms with van der Waals surface area (Å²) in [4.78, 5) is 20.5. The van der Waals surface area contributed by atoms with E-state index >= 15 is 0 Å². The van der Waals surface area contributed by atoms with Crippen molar-refractivity contribution in [3.05, 3.63) is 45.1 Å². The molecule has 1 aromatic heterocycles. The highest BCUT2D eigenvalue weighted by Crippen LogP contribution is 2.26. The number of hydrogen-bond acceptors (Lipinski definition) is 5. The molecule has 2 rings (SSSR count). The minimum Gasteiger partial charge on any atom is -0.480 e. The number of hydrogen-bond donors (Lipinski definition) is 0. The molecule has 104 valence electrons. The summed E-state index contributed by atoms with van der Waals surface area (Å²) in [5.74, 6) is -0.0110. The van der Waals surface area contributed by atoms with E-state index in [0.29, 0.717) is 10.6 Å². The largest absolute Gasteiger partial charge is 0.480 e. The Morgan fingerprint density at radius 1 is 1.30 bits per heavy atom. The molecule has 0 aliphatic rings. The van der Waals surface area contributed by atoms with Gasteiger partial charge in [0.1, 0.15) is 0 Å². The Balaban J connectivity index is 2.47. The Kier molecular flexibility index (Phi) is 4.57. The van der Waals surface area contributed by atoms with Gasteiger partial charge in [0.15, 0.2) is 5.69 Å². The minimum atomic E-state index is -0.366. The molecular weight excluding hydrogens is 348 g/mol. The lowest BCUT2D eigenvalue weighted by Gasteiger charge is -2.08. The van der Waals surface area contributed by atoms with Crippen LogP contribution in [0.25, 0.3) is 0 Å². The Bertz CT molecular complexity index is 664. The first-order chi connectivity index (χ1) is 9.56. The third-order valence-electron chi connectivity index (χ3n) is 2.51. The van der Waals surface area contributed by atoms with Crippen LogP contribution < -0.4 is 9.47 Å². The zero-order chi connectivity index (χ0) is 14.7. The van der Waals surface area contributed by atoms with Crippen LogP contribution in [0.4, 0.5) is 0 Å². The second-order valence-corrected chi connectivity index (χ2v) is 5.05. The number of ether oxygens (including phenoxy) is 2. The van der Waals surface area contributed by atoms with Gasteiger partial charge in [-0.2, -0.15) is 4.98 Å². The van der Waals surface area contributed by atoms with Crippen molar-refractivity contribution in [2.45, 2.75) is 0 Å². The lowest BCUT2D eigenvalue weighted by Crippen LogP contribution is -2.09. The van der Waals surface area contributed by atoms with Gasteiger partial charge in [0.05, 0.1) is 25.4 Å². The highest BCUT2D eigenvalue weighted by Gasteiger charge is 2.20. The average Bonchev–Trinajstić information content (AvgIpc) is 2.46. The van der Waals surface area contributed by atoms with Crippen molar-refractivity contribution in [3.63, 3.8) is 0 Å². The van der Waals surface area contributed by atoms with Gasteiger partial charge in [0, 0.05) is 10.0 Å². The SMILES string of the molecule is COc1cnc(C(=O)c2ccc(Br)cc2Cl)c(OC)n1. The van der Waals surface area contributed by atoms with E-state index in [9.17, 15) is 4.79 Å². The molecule has 0 fully saturated rings. The predicted molar refractivity (Wildman–Crippen MR) is 77.7 cm³/mol. The summed E-state index contributed by atoms with van der Waals surface area (Å²) in [6, 6.07) is 4.97. The second-order valence-electron chi connectivity index (χ2n) is 3.72. The fraction of sp³-hybridized carbons (Fsp3) is 0.154. The van der Waals surface area contributed by atoms with Crippen molar-refractivity contribution in [2.75, 3.05) is 14.2 Å². The number of rotatable bonds is 4. The van der Waals surface area contributed by atoms with E-state index in [1.165, 1.54) is 20.4 Å². The van der Waals surface area contributed by atoms with Gasteiger partial charge in [-0.3, -0.25) is 4.79 Å². The number of carbonyl (C=O) groups is 1. The molecule has 1 aromatic carbocycles. The number of benzene rings is 1. The van der Waals surface area contributed by atoms with E-state index in [1.807, 2.05) is 0 Å². The average molecular weight is 358 g/mol. The molecular formula is C13H10BrClN2O3. The summed E-state index contributed by atoms with van der Waals surface area (Å²) < 4.78 is 10.8. The van der Waals surface area contributed by atoms with Gasteiger partial charge in [-0.05, 0) is 18.2 Å². The maximum atomic E-state index is 12.4. The van der Waals surface area contributed by atoms with Crippen LogP contribution in [-0.4, -0.2) is 30.0 Å². The molecule has 0 saturated heterocycles. The quantitative estimate of drug-likeness (QED) is 0.787. The van der Waals surface area contributed by atoms with Crippen LogP contribution in [0.2, 0.25) is 5.02 Å². The molecule has 0 atom stereocenters. The van der Waals surface area contributed by atoms with Crippen LogP contribution in [-0.2, 0) is 0 Å². The molecule has 7 heteroatoms. The van der Waals surface area contributed by atoms with Crippen molar-refractivity contribution in [3.8, 4) is 11.8 Å². The molecule has 5 nitrogen and oxygen atoms in total. The third kappa shape index (κ3) is 2.91. The van der Waals surface area contributed by atoms with Crippen molar-refractivity contribution in [2.24, 2.45) is 0 Å². The summed E-state index contributed by atoms with van der Waals surface area (Å²) in [5.41, 5.74) is 0.408. The third-order valence-corrected chi connectivity index (χ3v) is 3.32. The molecule has 0 N–H and O–H groups in total. The standard InChI is InChI=1S/C13H10BrClN2O3/c1-19-10-6-16-11(13(17-10)20-2)12(18)8-4-3-7(14)5-9(8)15/h3-6H,1-2H3. The normalized spacial score (nSPS) is 10.2. The molecule has 0 aliphatic carbocycles. The zero-order valence-electron chi connectivity index (χ0n) is 10.7. The van der Waals surface area contributed by atoms with Gasteiger partial charge >= 0.3 is 0 Å². The Labute approximate surface area is 129 Å². The van der Waals surface area contributed by atoms with Crippen molar-refractivity contribution >= 4 is 33.3 Å². The number of nitrogens with zero attached hydrogens (tertiary/aromatic N) is 2. The van der Waals surface area contributed by atoms with Gasteiger partial charge in [-0.15, -0.1) is 0 Å². The van der Waals surface area contributed by atoms with Gasteiger partial charge in [-0.1, -0.05) is 27.5 Å². The Morgan fingerprint density at radius 3 is 2.65 bits per heavy atom. The molecule has 0 bridgehead atoms. The summed E-state index contributed by atoms with van der Waals surface area (Å²) >= 11 is 9.35. The van der Waals surface area contributed by atoms with E-state index in [4.69, 9.17) is 21.1 Å². The van der Waals surface area contributed by atoms with Crippen molar-refractivity contribution in [1.29, 1.82) is 0 Å². The van der Waals surface area contributed by atoms with Gasteiger partial charge in [0.25, 0.3) is 0 Å². The van der Waals surface area contributed by atoms with Crippen LogP contribution in [0.5, 0.6) is 11.8 Å². The van der Waals surface area contributed by atoms with Gasteiger partial charge in [0.2, 0.25) is 17.5 Å². The first kappa shape index (κ1) is 14.7. The Hall–Kier alpha value is -1.66. The fourth-order valence-electron chi connectivity index (χ4n) is 1.55. The number of halogens is 2. The molecule has 0 spiro atoms. The predicted octanol–water partition coefficient (Wildman–Crippen LogP) is 3.14. The van der Waals surface area contributed by atoms with Crippen LogP contribution in [0.15, 0.2) is 28.9 Å². The zero-order valence-corrected chi connectivity index (χ0v) is 13.0. The van der Waals surface area contributed by atoms with E-state index in [-0.39, 0.29) is 23.2 Å². The number of aromatic nitrogens is 2. The van der Waals surface area contributed by atoms with Crippen LogP contribution in [0, 0.1) is 0 Å². The molecule has 0 saturated carbocycles. The summed E-state index contributed by atoms with van der Waals surface area (Å²) in [6.45, 7) is 0. The molecule has 20 heavy (non-hydrogen) atoms. The lowest BCUT2D eigenvalue weighted by atomic mass is 10.1. The number of ketones is 1. The van der Waals surface area contributed by atoms with E-state index < -0.39 is 0 Å². The maximum Gasteiger partial charge on any atom is 0.247 e. The summed E-state index contributed by atoms with van der Waals surface area (Å²) in [5, 5.41) is 0.323. The lowest BCUT2D eigenvalue weighted by molar-refractivity contribution is 0.103. The molecule has 0 unspecified atom stereocenters. The monoisotopic (exact) mass is 356 g/mol. The van der Waals surface area contributed by atoms with E-state index in [2.05, 4.69) is 25.9 Å². The van der Waals surface area contributed by atoms with Crippen LogP contribution >= 0.6 is 27.5 Å². The van der Waals surface area contributed by atoms with E-state index in [1.54, 1.807) is 18.2 Å². The number of methoxy groups -OCH3 is 2. The van der Waals surface area contributed by atoms with E-state index in [0.717, 1.165) is 4.47 Å². The molecule has 2 aromatic rings. The van der Waals surface area contributed by atoms with Crippen LogP contribution in [0.3, 0.4) is 0 Å². The molecule has 0 amide bonds. The Morgan fingerprint density at radius 2 is 2.05 bits per heavy atom. The maximum absolute atomic E-state index is 12.4. The highest BCUT2D eigenvalue weighted by atomic mass is 79.9. The minimum absolute atomic E-state index is 0.0810. The molecule has 0 aliphatic heterocycles. The first-order valence-corrected chi connectivity index (χ1v) is 6.68. The number of carbonyl (C=O) groups excluding carboxylic acids is 1. The summed E-state index contributed by atoms with van der Waals surface area (Å²) in [6.07, 6.45) is 1.35. The molecule has 0 radical (unpaired) electrons. The van der Waals surface area contributed by atoms with Crippen molar-refractivity contribution < 1.29 is 14.3 Å². The first-order valence-electron chi connectivity index (χ1n) is 5.51. The second kappa shape index (κ2) is 6.19. The highest BCUT2D eigenvalue weighted by molar-refractivity contribution is 9.10. The fourth-order valence-corrected chi connectivity index (χ4v) is 2.31. The van der Waals surface area contributed by atoms with Gasteiger partial charge in [-0.25, -0.2) is 4.98 Å².